The Morgan fingerprint density at radius 3 is 2.64 bits per heavy atom. The van der Waals surface area contributed by atoms with Crippen LogP contribution in [0.4, 0.5) is 0 Å². The van der Waals surface area contributed by atoms with Crippen molar-refractivity contribution in [2.45, 2.75) is 45.6 Å². The van der Waals surface area contributed by atoms with Gasteiger partial charge in [-0.3, -0.25) is 9.69 Å². The topological polar surface area (TPSA) is 54.5 Å². The molecule has 0 saturated carbocycles. The van der Waals surface area contributed by atoms with E-state index in [1.54, 1.807) is 18.3 Å². The average Bonchev–Trinajstić information content (AvgIpc) is 2.54. The highest BCUT2D eigenvalue weighted by atomic mass is 16.5. The molecule has 0 aromatic carbocycles. The van der Waals surface area contributed by atoms with Gasteiger partial charge in [-0.2, -0.15) is 0 Å². The molecule has 1 aliphatic rings. The van der Waals surface area contributed by atoms with Crippen molar-refractivity contribution in [3.05, 3.63) is 23.9 Å². The number of amides is 1. The van der Waals surface area contributed by atoms with Gasteiger partial charge in [-0.25, -0.2) is 4.98 Å². The van der Waals surface area contributed by atoms with Crippen LogP contribution in [0.15, 0.2) is 18.3 Å². The molecule has 1 aromatic rings. The van der Waals surface area contributed by atoms with Crippen molar-refractivity contribution in [1.29, 1.82) is 0 Å². The zero-order valence-electron chi connectivity index (χ0n) is 13.9. The van der Waals surface area contributed by atoms with Crippen molar-refractivity contribution in [2.24, 2.45) is 0 Å². The Bertz CT molecular complexity index is 479. The fourth-order valence-corrected chi connectivity index (χ4v) is 2.76. The Labute approximate surface area is 133 Å². The van der Waals surface area contributed by atoms with Crippen molar-refractivity contribution in [3.8, 4) is 5.88 Å². The second kappa shape index (κ2) is 7.58. The van der Waals surface area contributed by atoms with Gasteiger partial charge < -0.3 is 10.1 Å². The molecule has 122 valence electrons. The van der Waals surface area contributed by atoms with E-state index >= 15 is 0 Å². The molecule has 1 saturated heterocycles. The van der Waals surface area contributed by atoms with Gasteiger partial charge in [0.25, 0.3) is 5.91 Å². The lowest BCUT2D eigenvalue weighted by molar-refractivity contribution is 0.0797. The minimum Gasteiger partial charge on any atom is -0.478 e. The van der Waals surface area contributed by atoms with E-state index in [9.17, 15) is 4.79 Å². The molecule has 1 aromatic heterocycles. The lowest BCUT2D eigenvalue weighted by Gasteiger charge is -2.41. The Morgan fingerprint density at radius 1 is 1.32 bits per heavy atom. The molecule has 0 bridgehead atoms. The third-order valence-electron chi connectivity index (χ3n) is 4.18. The highest BCUT2D eigenvalue weighted by Gasteiger charge is 2.28. The number of ether oxygens (including phenoxy) is 1. The van der Waals surface area contributed by atoms with Crippen molar-refractivity contribution >= 4 is 5.91 Å². The smallest absolute Gasteiger partial charge is 0.252 e. The molecule has 0 unspecified atom stereocenters. The second-order valence-corrected chi connectivity index (χ2v) is 6.36. The van der Waals surface area contributed by atoms with E-state index in [4.69, 9.17) is 4.74 Å². The van der Waals surface area contributed by atoms with Crippen LogP contribution in [-0.2, 0) is 0 Å². The van der Waals surface area contributed by atoms with Gasteiger partial charge in [0.2, 0.25) is 5.88 Å². The summed E-state index contributed by atoms with van der Waals surface area (Å²) in [5.74, 6) is 0.466. The van der Waals surface area contributed by atoms with E-state index in [0.29, 0.717) is 24.6 Å². The highest BCUT2D eigenvalue weighted by molar-refractivity contribution is 5.93. The van der Waals surface area contributed by atoms with E-state index < -0.39 is 0 Å². The summed E-state index contributed by atoms with van der Waals surface area (Å²) in [5, 5.41) is 3.03. The first-order chi connectivity index (χ1) is 10.5. The number of likely N-dealkylation sites (tertiary alicyclic amines) is 1. The Morgan fingerprint density at radius 2 is 2.05 bits per heavy atom. The fraction of sp³-hybridized carbons (Fsp3) is 0.647. The zero-order chi connectivity index (χ0) is 16.0. The molecule has 0 aliphatic carbocycles. The summed E-state index contributed by atoms with van der Waals surface area (Å²) >= 11 is 0. The van der Waals surface area contributed by atoms with Gasteiger partial charge in [0.15, 0.2) is 0 Å². The molecule has 2 heterocycles. The number of hydrogen-bond donors (Lipinski definition) is 1. The number of piperidine rings is 1. The summed E-state index contributed by atoms with van der Waals surface area (Å²) in [6.07, 6.45) is 5.38. The van der Waals surface area contributed by atoms with Crippen LogP contribution in [0.25, 0.3) is 0 Å². The Kier molecular flexibility index (Phi) is 5.77. The largest absolute Gasteiger partial charge is 0.478 e. The van der Waals surface area contributed by atoms with Crippen LogP contribution < -0.4 is 10.1 Å². The number of carbonyl (C=O) groups is 1. The molecular weight excluding hydrogens is 278 g/mol. The van der Waals surface area contributed by atoms with Gasteiger partial charge in [-0.15, -0.1) is 0 Å². The van der Waals surface area contributed by atoms with Crippen LogP contribution in [0.3, 0.4) is 0 Å². The van der Waals surface area contributed by atoms with Crippen molar-refractivity contribution < 1.29 is 9.53 Å². The van der Waals surface area contributed by atoms with Crippen molar-refractivity contribution in [1.82, 2.24) is 15.2 Å². The third-order valence-corrected chi connectivity index (χ3v) is 4.18. The molecule has 1 fully saturated rings. The van der Waals surface area contributed by atoms with Gasteiger partial charge in [-0.1, -0.05) is 6.42 Å². The third kappa shape index (κ3) is 4.44. The number of nitrogens with one attached hydrogen (secondary N) is 1. The molecule has 1 N–H and O–H groups in total. The molecule has 1 amide bonds. The lowest BCUT2D eigenvalue weighted by atomic mass is 9.98. The first kappa shape index (κ1) is 16.7. The maximum atomic E-state index is 12.2. The van der Waals surface area contributed by atoms with Crippen LogP contribution in [0.5, 0.6) is 5.88 Å². The lowest BCUT2D eigenvalue weighted by Crippen LogP contribution is -2.53. The normalized spacial score (nSPS) is 16.3. The van der Waals surface area contributed by atoms with E-state index in [1.807, 2.05) is 6.92 Å². The summed E-state index contributed by atoms with van der Waals surface area (Å²) in [5.41, 5.74) is 0.548. The van der Waals surface area contributed by atoms with Gasteiger partial charge in [0.05, 0.1) is 12.2 Å². The molecule has 0 radical (unpaired) electrons. The molecular formula is C17H27N3O2. The quantitative estimate of drug-likeness (QED) is 0.877. The highest BCUT2D eigenvalue weighted by Crippen LogP contribution is 2.20. The van der Waals surface area contributed by atoms with E-state index in [0.717, 1.165) is 13.1 Å². The predicted molar refractivity (Wildman–Crippen MR) is 87.2 cm³/mol. The number of aromatic nitrogens is 1. The number of hydrogen-bond acceptors (Lipinski definition) is 4. The number of pyridine rings is 1. The van der Waals surface area contributed by atoms with Gasteiger partial charge in [0.1, 0.15) is 0 Å². The minimum absolute atomic E-state index is 0.0191. The number of nitrogens with zero attached hydrogens (tertiary/aromatic N) is 2. The molecule has 5 nitrogen and oxygen atoms in total. The molecule has 0 atom stereocenters. The van der Waals surface area contributed by atoms with Crippen LogP contribution >= 0.6 is 0 Å². The van der Waals surface area contributed by atoms with Gasteiger partial charge >= 0.3 is 0 Å². The first-order valence-corrected chi connectivity index (χ1v) is 8.15. The van der Waals surface area contributed by atoms with E-state index in [-0.39, 0.29) is 11.4 Å². The van der Waals surface area contributed by atoms with Crippen LogP contribution in [-0.4, -0.2) is 47.6 Å². The SMILES string of the molecule is CCOc1ccc(C(=O)NCC(C)(C)N2CCCCC2)cn1. The predicted octanol–water partition coefficient (Wildman–Crippen LogP) is 2.47. The summed E-state index contributed by atoms with van der Waals surface area (Å²) in [7, 11) is 0. The van der Waals surface area contributed by atoms with Gasteiger partial charge in [0, 0.05) is 24.3 Å². The summed E-state index contributed by atoms with van der Waals surface area (Å²) in [4.78, 5) is 18.8. The maximum absolute atomic E-state index is 12.2. The van der Waals surface area contributed by atoms with Crippen molar-refractivity contribution in [2.75, 3.05) is 26.2 Å². The summed E-state index contributed by atoms with van der Waals surface area (Å²) in [6.45, 7) is 9.73. The standard InChI is InChI=1S/C17H27N3O2/c1-4-22-15-9-8-14(12-18-15)16(21)19-13-17(2,3)20-10-6-5-7-11-20/h8-9,12H,4-7,10-11,13H2,1-3H3,(H,19,21). The summed E-state index contributed by atoms with van der Waals surface area (Å²) < 4.78 is 5.28. The Hall–Kier alpha value is -1.62. The molecule has 0 spiro atoms. The molecule has 2 rings (SSSR count). The van der Waals surface area contributed by atoms with Crippen molar-refractivity contribution in [3.63, 3.8) is 0 Å². The number of carbonyl (C=O) groups excluding carboxylic acids is 1. The zero-order valence-corrected chi connectivity index (χ0v) is 13.9. The minimum atomic E-state index is -0.0827. The van der Waals surface area contributed by atoms with E-state index in [2.05, 4.69) is 29.0 Å². The Balaban J connectivity index is 1.88. The van der Waals surface area contributed by atoms with E-state index in [1.165, 1.54) is 19.3 Å². The second-order valence-electron chi connectivity index (χ2n) is 6.36. The van der Waals surface area contributed by atoms with Crippen LogP contribution in [0, 0.1) is 0 Å². The molecule has 22 heavy (non-hydrogen) atoms. The first-order valence-electron chi connectivity index (χ1n) is 8.15. The molecule has 1 aliphatic heterocycles. The summed E-state index contributed by atoms with van der Waals surface area (Å²) in [6, 6.07) is 3.48. The van der Waals surface area contributed by atoms with Crippen LogP contribution in [0.2, 0.25) is 0 Å². The maximum Gasteiger partial charge on any atom is 0.252 e. The number of rotatable bonds is 6. The van der Waals surface area contributed by atoms with Gasteiger partial charge in [-0.05, 0) is 52.8 Å². The fourth-order valence-electron chi connectivity index (χ4n) is 2.76. The average molecular weight is 305 g/mol. The molecule has 5 heteroatoms. The van der Waals surface area contributed by atoms with Crippen LogP contribution in [0.1, 0.15) is 50.4 Å². The monoisotopic (exact) mass is 305 g/mol.